The highest BCUT2D eigenvalue weighted by Crippen LogP contribution is 2.30. The molecule has 132 valence electrons. The minimum atomic E-state index is 0.0243. The molecule has 1 amide bonds. The molecular weight excluding hydrogens is 314 g/mol. The van der Waals surface area contributed by atoms with Gasteiger partial charge in [-0.2, -0.15) is 0 Å². The minimum Gasteiger partial charge on any atom is -0.486 e. The smallest absolute Gasteiger partial charge is 0.224 e. The number of benzene rings is 2. The predicted molar refractivity (Wildman–Crippen MR) is 98.0 cm³/mol. The zero-order chi connectivity index (χ0) is 17.5. The number of aryl methyl sites for hydroxylation is 1. The van der Waals surface area contributed by atoms with Crippen LogP contribution in [-0.2, 0) is 24.2 Å². The van der Waals surface area contributed by atoms with E-state index >= 15 is 0 Å². The summed E-state index contributed by atoms with van der Waals surface area (Å²) in [6.07, 6.45) is 3.91. The highest BCUT2D eigenvalue weighted by atomic mass is 16.6. The van der Waals surface area contributed by atoms with Crippen LogP contribution < -0.4 is 14.8 Å². The predicted octanol–water partition coefficient (Wildman–Crippen LogP) is 3.66. The Morgan fingerprint density at radius 2 is 1.64 bits per heavy atom. The van der Waals surface area contributed by atoms with E-state index in [1.54, 1.807) is 0 Å². The fourth-order valence-electron chi connectivity index (χ4n) is 2.85. The molecule has 0 aromatic heterocycles. The van der Waals surface area contributed by atoms with Gasteiger partial charge in [0.05, 0.1) is 6.42 Å². The third-order valence-electron chi connectivity index (χ3n) is 4.30. The van der Waals surface area contributed by atoms with E-state index in [2.05, 4.69) is 36.5 Å². The Hall–Kier alpha value is -2.49. The van der Waals surface area contributed by atoms with Gasteiger partial charge in [-0.25, -0.2) is 0 Å². The normalized spacial score (nSPS) is 12.7. The van der Waals surface area contributed by atoms with Crippen molar-refractivity contribution in [1.82, 2.24) is 5.32 Å². The van der Waals surface area contributed by atoms with Crippen molar-refractivity contribution in [2.45, 2.75) is 39.2 Å². The van der Waals surface area contributed by atoms with Gasteiger partial charge in [0.1, 0.15) is 13.2 Å². The maximum absolute atomic E-state index is 12.2. The molecule has 25 heavy (non-hydrogen) atoms. The summed E-state index contributed by atoms with van der Waals surface area (Å²) in [6.45, 7) is 3.84. The van der Waals surface area contributed by atoms with Crippen LogP contribution in [-0.4, -0.2) is 19.1 Å². The lowest BCUT2D eigenvalue weighted by atomic mass is 10.0. The fraction of sp³-hybridized carbons (Fsp3) is 0.381. The van der Waals surface area contributed by atoms with Gasteiger partial charge in [0.25, 0.3) is 0 Å². The largest absolute Gasteiger partial charge is 0.486 e. The first-order chi connectivity index (χ1) is 12.2. The molecule has 0 unspecified atom stereocenters. The lowest BCUT2D eigenvalue weighted by Crippen LogP contribution is -2.24. The van der Waals surface area contributed by atoms with Gasteiger partial charge < -0.3 is 14.8 Å². The number of unbranched alkanes of at least 4 members (excludes halogenated alkanes) is 1. The highest BCUT2D eigenvalue weighted by Gasteiger charge is 2.12. The van der Waals surface area contributed by atoms with E-state index in [1.165, 1.54) is 18.4 Å². The van der Waals surface area contributed by atoms with E-state index in [0.29, 0.717) is 26.2 Å². The fourth-order valence-corrected chi connectivity index (χ4v) is 2.85. The van der Waals surface area contributed by atoms with E-state index in [4.69, 9.17) is 9.47 Å². The Balaban J connectivity index is 1.49. The molecule has 0 aliphatic carbocycles. The van der Waals surface area contributed by atoms with Crippen molar-refractivity contribution in [2.24, 2.45) is 0 Å². The van der Waals surface area contributed by atoms with Crippen LogP contribution in [0, 0.1) is 0 Å². The van der Waals surface area contributed by atoms with E-state index in [1.807, 2.05) is 18.2 Å². The lowest BCUT2D eigenvalue weighted by molar-refractivity contribution is -0.120. The quantitative estimate of drug-likeness (QED) is 0.837. The Morgan fingerprint density at radius 1 is 0.960 bits per heavy atom. The molecule has 0 bridgehead atoms. The number of amides is 1. The minimum absolute atomic E-state index is 0.0243. The van der Waals surface area contributed by atoms with Gasteiger partial charge in [0, 0.05) is 6.54 Å². The molecule has 2 aromatic rings. The van der Waals surface area contributed by atoms with Gasteiger partial charge in [-0.05, 0) is 41.7 Å². The number of nitrogens with one attached hydrogen (secondary N) is 1. The number of hydrogen-bond donors (Lipinski definition) is 1. The zero-order valence-corrected chi connectivity index (χ0v) is 14.7. The number of fused-ring (bicyclic) bond motifs is 1. The summed E-state index contributed by atoms with van der Waals surface area (Å²) in [7, 11) is 0. The summed E-state index contributed by atoms with van der Waals surface area (Å²) in [5.41, 5.74) is 3.38. The molecule has 1 aliphatic rings. The van der Waals surface area contributed by atoms with Gasteiger partial charge in [-0.15, -0.1) is 0 Å². The van der Waals surface area contributed by atoms with Crippen LogP contribution in [0.1, 0.15) is 36.5 Å². The van der Waals surface area contributed by atoms with Gasteiger partial charge in [0.2, 0.25) is 5.91 Å². The average molecular weight is 339 g/mol. The van der Waals surface area contributed by atoms with Crippen molar-refractivity contribution in [3.05, 3.63) is 59.2 Å². The summed E-state index contributed by atoms with van der Waals surface area (Å²) in [4.78, 5) is 12.2. The average Bonchev–Trinajstić information content (AvgIpc) is 2.65. The Bertz CT molecular complexity index is 710. The van der Waals surface area contributed by atoms with Crippen LogP contribution in [0.15, 0.2) is 42.5 Å². The molecule has 1 N–H and O–H groups in total. The van der Waals surface area contributed by atoms with Gasteiger partial charge in [-0.3, -0.25) is 4.79 Å². The topological polar surface area (TPSA) is 47.6 Å². The van der Waals surface area contributed by atoms with Crippen molar-refractivity contribution in [3.8, 4) is 11.5 Å². The first-order valence-corrected chi connectivity index (χ1v) is 8.97. The molecule has 0 saturated carbocycles. The van der Waals surface area contributed by atoms with E-state index in [0.717, 1.165) is 29.0 Å². The van der Waals surface area contributed by atoms with Crippen molar-refractivity contribution < 1.29 is 14.3 Å². The molecule has 4 heteroatoms. The number of rotatable bonds is 7. The maximum atomic E-state index is 12.2. The maximum Gasteiger partial charge on any atom is 0.224 e. The van der Waals surface area contributed by atoms with Gasteiger partial charge in [0.15, 0.2) is 11.5 Å². The van der Waals surface area contributed by atoms with Crippen LogP contribution >= 0.6 is 0 Å². The summed E-state index contributed by atoms with van der Waals surface area (Å²) < 4.78 is 11.1. The second-order valence-corrected chi connectivity index (χ2v) is 6.35. The van der Waals surface area contributed by atoms with Gasteiger partial charge in [-0.1, -0.05) is 43.7 Å². The molecule has 4 nitrogen and oxygen atoms in total. The standard InChI is InChI=1S/C21H25NO3/c1-2-3-4-16-5-7-17(8-6-16)14-21(23)22-15-18-9-10-19-20(13-18)25-12-11-24-19/h5-10,13H,2-4,11-12,14-15H2,1H3,(H,22,23). The van der Waals surface area contributed by atoms with Crippen molar-refractivity contribution in [3.63, 3.8) is 0 Å². The summed E-state index contributed by atoms with van der Waals surface area (Å²) in [6, 6.07) is 14.1. The molecule has 0 fully saturated rings. The molecule has 1 aliphatic heterocycles. The number of hydrogen-bond acceptors (Lipinski definition) is 3. The summed E-state index contributed by atoms with van der Waals surface area (Å²) >= 11 is 0. The summed E-state index contributed by atoms with van der Waals surface area (Å²) in [5, 5.41) is 2.97. The molecule has 0 spiro atoms. The Kier molecular flexibility index (Phi) is 5.94. The number of carbonyl (C=O) groups excluding carboxylic acids is 1. The zero-order valence-electron chi connectivity index (χ0n) is 14.7. The molecule has 2 aromatic carbocycles. The first-order valence-electron chi connectivity index (χ1n) is 8.97. The molecule has 0 saturated heterocycles. The first kappa shape index (κ1) is 17.3. The van der Waals surface area contributed by atoms with E-state index in [9.17, 15) is 4.79 Å². The van der Waals surface area contributed by atoms with Crippen LogP contribution in [0.4, 0.5) is 0 Å². The van der Waals surface area contributed by atoms with Crippen LogP contribution in [0.2, 0.25) is 0 Å². The monoisotopic (exact) mass is 339 g/mol. The van der Waals surface area contributed by atoms with Gasteiger partial charge >= 0.3 is 0 Å². The van der Waals surface area contributed by atoms with Crippen molar-refractivity contribution in [1.29, 1.82) is 0 Å². The molecule has 3 rings (SSSR count). The Labute approximate surface area is 149 Å². The second kappa shape index (κ2) is 8.56. The highest BCUT2D eigenvalue weighted by molar-refractivity contribution is 5.78. The third-order valence-corrected chi connectivity index (χ3v) is 4.30. The van der Waals surface area contributed by atoms with Crippen LogP contribution in [0.25, 0.3) is 0 Å². The molecule has 0 atom stereocenters. The van der Waals surface area contributed by atoms with Crippen molar-refractivity contribution in [2.75, 3.05) is 13.2 Å². The molecular formula is C21H25NO3. The van der Waals surface area contributed by atoms with E-state index < -0.39 is 0 Å². The molecule has 1 heterocycles. The lowest BCUT2D eigenvalue weighted by Gasteiger charge is -2.19. The summed E-state index contributed by atoms with van der Waals surface area (Å²) in [5.74, 6) is 1.54. The second-order valence-electron chi connectivity index (χ2n) is 6.35. The third kappa shape index (κ3) is 4.99. The Morgan fingerprint density at radius 3 is 2.40 bits per heavy atom. The van der Waals surface area contributed by atoms with Crippen molar-refractivity contribution >= 4 is 5.91 Å². The SMILES string of the molecule is CCCCc1ccc(CC(=O)NCc2ccc3c(c2)OCCO3)cc1. The van der Waals surface area contributed by atoms with Crippen LogP contribution in [0.5, 0.6) is 11.5 Å². The number of carbonyl (C=O) groups is 1. The number of ether oxygens (including phenoxy) is 2. The van der Waals surface area contributed by atoms with E-state index in [-0.39, 0.29) is 5.91 Å². The molecule has 0 radical (unpaired) electrons. The van der Waals surface area contributed by atoms with Crippen LogP contribution in [0.3, 0.4) is 0 Å².